The summed E-state index contributed by atoms with van der Waals surface area (Å²) < 4.78 is 12.9. The van der Waals surface area contributed by atoms with Crippen LogP contribution in [0.1, 0.15) is 37.1 Å². The van der Waals surface area contributed by atoms with Crippen molar-refractivity contribution in [3.8, 4) is 0 Å². The van der Waals surface area contributed by atoms with Gasteiger partial charge in [-0.05, 0) is 39.0 Å². The molecule has 36 heavy (non-hydrogen) atoms. The van der Waals surface area contributed by atoms with Gasteiger partial charge < -0.3 is 29.2 Å². The van der Waals surface area contributed by atoms with Crippen LogP contribution in [0, 0.1) is 0 Å². The second kappa shape index (κ2) is 10.7. The summed E-state index contributed by atoms with van der Waals surface area (Å²) in [6.45, 7) is 7.71. The van der Waals surface area contributed by atoms with Crippen molar-refractivity contribution in [3.63, 3.8) is 0 Å². The van der Waals surface area contributed by atoms with E-state index in [1.54, 1.807) is 40.1 Å². The third kappa shape index (κ3) is 6.24. The molecule has 1 saturated heterocycles. The Balaban J connectivity index is 1.34. The molecule has 11 heteroatoms. The zero-order valence-electron chi connectivity index (χ0n) is 20.6. The standard InChI is InChI=1S/C25H30ClN5O5/c1-25(2,3)36-24(34)30-12-13-35-17(15-30)8-9-22(32)29-10-11-31-20(14-27-21(31)16-29)23(33)28-19-7-5-4-6-18(19)26/h4-9,14,17H,10-13,15-16H2,1-3H3,(H,28,33)/b9-8+/t17-/m1/s1. The van der Waals surface area contributed by atoms with Crippen molar-refractivity contribution in [2.45, 2.75) is 45.6 Å². The highest BCUT2D eigenvalue weighted by molar-refractivity contribution is 6.33. The van der Waals surface area contributed by atoms with Crippen LogP contribution in [-0.2, 0) is 27.4 Å². The zero-order chi connectivity index (χ0) is 25.9. The van der Waals surface area contributed by atoms with E-state index in [0.717, 1.165) is 0 Å². The topological polar surface area (TPSA) is 106 Å². The first kappa shape index (κ1) is 25.7. The number of fused-ring (bicyclic) bond motifs is 1. The van der Waals surface area contributed by atoms with Crippen LogP contribution in [0.3, 0.4) is 0 Å². The second-order valence-corrected chi connectivity index (χ2v) is 10.0. The largest absolute Gasteiger partial charge is 0.444 e. The molecule has 0 bridgehead atoms. The summed E-state index contributed by atoms with van der Waals surface area (Å²) in [6.07, 6.45) is 3.84. The molecule has 2 aliphatic heterocycles. The average molecular weight is 516 g/mol. The highest BCUT2D eigenvalue weighted by Gasteiger charge is 2.28. The van der Waals surface area contributed by atoms with Crippen molar-refractivity contribution in [1.29, 1.82) is 0 Å². The fourth-order valence-corrected chi connectivity index (χ4v) is 4.14. The molecule has 3 amide bonds. The molecule has 1 fully saturated rings. The number of amides is 3. The van der Waals surface area contributed by atoms with E-state index in [1.807, 2.05) is 25.3 Å². The summed E-state index contributed by atoms with van der Waals surface area (Å²) in [7, 11) is 0. The third-order valence-corrected chi connectivity index (χ3v) is 6.06. The van der Waals surface area contributed by atoms with Gasteiger partial charge in [-0.25, -0.2) is 9.78 Å². The Bertz CT molecular complexity index is 1170. The van der Waals surface area contributed by atoms with Crippen LogP contribution in [-0.4, -0.2) is 75.2 Å². The molecule has 0 radical (unpaired) electrons. The Morgan fingerprint density at radius 2 is 1.94 bits per heavy atom. The van der Waals surface area contributed by atoms with E-state index in [-0.39, 0.29) is 18.4 Å². The number of carbonyl (C=O) groups excluding carboxylic acids is 3. The Kier molecular flexibility index (Phi) is 7.65. The van der Waals surface area contributed by atoms with E-state index in [2.05, 4.69) is 10.3 Å². The Labute approximate surface area is 214 Å². The zero-order valence-corrected chi connectivity index (χ0v) is 21.3. The first-order valence-corrected chi connectivity index (χ1v) is 12.2. The molecular formula is C25H30ClN5O5. The molecule has 2 aromatic rings. The molecule has 0 spiro atoms. The summed E-state index contributed by atoms with van der Waals surface area (Å²) in [5.74, 6) is 0.118. The molecule has 192 valence electrons. The molecule has 4 rings (SSSR count). The normalized spacial score (nSPS) is 18.2. The Morgan fingerprint density at radius 1 is 1.17 bits per heavy atom. The van der Waals surface area contributed by atoms with Crippen molar-refractivity contribution >= 4 is 35.2 Å². The maximum Gasteiger partial charge on any atom is 0.410 e. The summed E-state index contributed by atoms with van der Waals surface area (Å²) in [5, 5.41) is 3.25. The minimum absolute atomic E-state index is 0.190. The van der Waals surface area contributed by atoms with Crippen LogP contribution in [0.15, 0.2) is 42.6 Å². The molecule has 1 aromatic heterocycles. The number of hydrogen-bond acceptors (Lipinski definition) is 6. The number of carbonyl (C=O) groups is 3. The number of nitrogens with one attached hydrogen (secondary N) is 1. The SMILES string of the molecule is CC(C)(C)OC(=O)N1CCO[C@H](/C=C/C(=O)N2CCn3c(C(=O)Nc4ccccc4Cl)cnc3C2)C1. The van der Waals surface area contributed by atoms with E-state index in [1.165, 1.54) is 12.3 Å². The van der Waals surface area contributed by atoms with Crippen LogP contribution < -0.4 is 5.32 Å². The maximum absolute atomic E-state index is 12.8. The average Bonchev–Trinajstić information content (AvgIpc) is 3.26. The number of halogens is 1. The van der Waals surface area contributed by atoms with Crippen LogP contribution >= 0.6 is 11.6 Å². The lowest BCUT2D eigenvalue weighted by molar-refractivity contribution is -0.127. The highest BCUT2D eigenvalue weighted by Crippen LogP contribution is 2.22. The van der Waals surface area contributed by atoms with Crippen LogP contribution in [0.4, 0.5) is 10.5 Å². The molecule has 0 aliphatic carbocycles. The highest BCUT2D eigenvalue weighted by atomic mass is 35.5. The van der Waals surface area contributed by atoms with Gasteiger partial charge in [0.25, 0.3) is 5.91 Å². The Morgan fingerprint density at radius 3 is 2.69 bits per heavy atom. The Hall–Kier alpha value is -3.37. The van der Waals surface area contributed by atoms with Crippen LogP contribution in [0.25, 0.3) is 0 Å². The van der Waals surface area contributed by atoms with Gasteiger partial charge >= 0.3 is 6.09 Å². The number of rotatable bonds is 4. The van der Waals surface area contributed by atoms with Crippen LogP contribution in [0.2, 0.25) is 5.02 Å². The van der Waals surface area contributed by atoms with Gasteiger partial charge in [0.2, 0.25) is 5.91 Å². The quantitative estimate of drug-likeness (QED) is 0.626. The number of ether oxygens (including phenoxy) is 2. The molecule has 10 nitrogen and oxygen atoms in total. The molecule has 0 saturated carbocycles. The fourth-order valence-electron chi connectivity index (χ4n) is 3.96. The maximum atomic E-state index is 12.8. The van der Waals surface area contributed by atoms with E-state index in [9.17, 15) is 14.4 Å². The van der Waals surface area contributed by atoms with Crippen molar-refractivity contribution < 1.29 is 23.9 Å². The number of nitrogens with zero attached hydrogens (tertiary/aromatic N) is 4. The van der Waals surface area contributed by atoms with Crippen molar-refractivity contribution in [2.24, 2.45) is 0 Å². The fraction of sp³-hybridized carbons (Fsp3) is 0.440. The molecule has 0 unspecified atom stereocenters. The summed E-state index contributed by atoms with van der Waals surface area (Å²) >= 11 is 6.14. The number of benzene rings is 1. The summed E-state index contributed by atoms with van der Waals surface area (Å²) in [4.78, 5) is 45.5. The van der Waals surface area contributed by atoms with E-state index < -0.39 is 17.8 Å². The molecule has 3 heterocycles. The molecule has 2 aliphatic rings. The molecule has 1 N–H and O–H groups in total. The monoisotopic (exact) mass is 515 g/mol. The van der Waals surface area contributed by atoms with Crippen LogP contribution in [0.5, 0.6) is 0 Å². The van der Waals surface area contributed by atoms with Crippen molar-refractivity contribution in [2.75, 3.05) is 31.6 Å². The van der Waals surface area contributed by atoms with Gasteiger partial charge in [0.1, 0.15) is 17.1 Å². The predicted octanol–water partition coefficient (Wildman–Crippen LogP) is 3.32. The molecular weight excluding hydrogens is 486 g/mol. The minimum atomic E-state index is -0.578. The van der Waals surface area contributed by atoms with Crippen molar-refractivity contribution in [3.05, 3.63) is 59.2 Å². The van der Waals surface area contributed by atoms with E-state index >= 15 is 0 Å². The smallest absolute Gasteiger partial charge is 0.410 e. The molecule has 1 atom stereocenters. The second-order valence-electron chi connectivity index (χ2n) is 9.60. The third-order valence-electron chi connectivity index (χ3n) is 5.73. The lowest BCUT2D eigenvalue weighted by Gasteiger charge is -2.33. The summed E-state index contributed by atoms with van der Waals surface area (Å²) in [5.41, 5.74) is 0.351. The van der Waals surface area contributed by atoms with E-state index in [0.29, 0.717) is 55.0 Å². The van der Waals surface area contributed by atoms with Gasteiger partial charge in [0.15, 0.2) is 0 Å². The van der Waals surface area contributed by atoms with Gasteiger partial charge in [-0.1, -0.05) is 23.7 Å². The lowest BCUT2D eigenvalue weighted by Crippen LogP contribution is -2.47. The van der Waals surface area contributed by atoms with Gasteiger partial charge in [0.05, 0.1) is 42.7 Å². The first-order chi connectivity index (χ1) is 17.1. The van der Waals surface area contributed by atoms with Gasteiger partial charge in [-0.2, -0.15) is 0 Å². The van der Waals surface area contributed by atoms with Gasteiger partial charge in [-0.3, -0.25) is 9.59 Å². The van der Waals surface area contributed by atoms with E-state index in [4.69, 9.17) is 21.1 Å². The summed E-state index contributed by atoms with van der Waals surface area (Å²) in [6, 6.07) is 7.00. The molecule has 1 aromatic carbocycles. The number of hydrogen-bond donors (Lipinski definition) is 1. The number of anilines is 1. The lowest BCUT2D eigenvalue weighted by atomic mass is 10.2. The number of para-hydroxylation sites is 1. The predicted molar refractivity (Wildman–Crippen MR) is 134 cm³/mol. The number of morpholine rings is 1. The van der Waals surface area contributed by atoms with Gasteiger partial charge in [-0.15, -0.1) is 0 Å². The minimum Gasteiger partial charge on any atom is -0.444 e. The number of imidazole rings is 1. The first-order valence-electron chi connectivity index (χ1n) is 11.8. The van der Waals surface area contributed by atoms with Gasteiger partial charge in [0, 0.05) is 25.7 Å². The number of aromatic nitrogens is 2. The van der Waals surface area contributed by atoms with Crippen molar-refractivity contribution in [1.82, 2.24) is 19.4 Å².